The van der Waals surface area contributed by atoms with Crippen molar-refractivity contribution in [1.82, 2.24) is 5.32 Å². The minimum absolute atomic E-state index is 0.0587. The minimum atomic E-state index is -0.932. The zero-order valence-corrected chi connectivity index (χ0v) is 11.7. The van der Waals surface area contributed by atoms with Crippen LogP contribution in [0.25, 0.3) is 0 Å². The van der Waals surface area contributed by atoms with Crippen molar-refractivity contribution in [3.05, 3.63) is 59.5 Å². The van der Waals surface area contributed by atoms with Gasteiger partial charge in [0.2, 0.25) is 0 Å². The van der Waals surface area contributed by atoms with E-state index in [4.69, 9.17) is 4.42 Å². The van der Waals surface area contributed by atoms with Crippen LogP contribution in [0.4, 0.5) is 0 Å². The van der Waals surface area contributed by atoms with Gasteiger partial charge >= 0.3 is 5.97 Å². The summed E-state index contributed by atoms with van der Waals surface area (Å²) >= 11 is 0. The lowest BCUT2D eigenvalue weighted by Crippen LogP contribution is -2.34. The number of benzene rings is 1. The summed E-state index contributed by atoms with van der Waals surface area (Å²) in [6, 6.07) is 10.8. The molecule has 0 saturated carbocycles. The first-order chi connectivity index (χ1) is 10.1. The van der Waals surface area contributed by atoms with E-state index in [1.165, 1.54) is 12.3 Å². The van der Waals surface area contributed by atoms with Gasteiger partial charge in [0.05, 0.1) is 12.2 Å². The predicted octanol–water partition coefficient (Wildman–Crippen LogP) is 2.26. The van der Waals surface area contributed by atoms with Crippen LogP contribution in [-0.4, -0.2) is 23.5 Å². The lowest BCUT2D eigenvalue weighted by Gasteiger charge is -2.14. The standard InChI is InChI=1S/C16H17NO4/c1-11-5-2-3-6-12(11)9-13(16(19)20)10-17-15(18)14-7-4-8-21-14/h2-8,13H,9-10H2,1H3,(H,17,18)(H,19,20). The predicted molar refractivity (Wildman–Crippen MR) is 77.1 cm³/mol. The molecule has 1 amide bonds. The molecule has 0 bridgehead atoms. The molecular weight excluding hydrogens is 270 g/mol. The van der Waals surface area contributed by atoms with Gasteiger partial charge in [0, 0.05) is 6.54 Å². The average molecular weight is 287 g/mol. The Bertz CT molecular complexity index is 619. The van der Waals surface area contributed by atoms with Crippen LogP contribution in [0.5, 0.6) is 0 Å². The molecule has 0 fully saturated rings. The zero-order valence-electron chi connectivity index (χ0n) is 11.7. The maximum absolute atomic E-state index is 11.8. The van der Waals surface area contributed by atoms with Crippen molar-refractivity contribution in [2.75, 3.05) is 6.54 Å². The number of hydrogen-bond donors (Lipinski definition) is 2. The van der Waals surface area contributed by atoms with Crippen LogP contribution in [0.15, 0.2) is 47.1 Å². The van der Waals surface area contributed by atoms with E-state index in [-0.39, 0.29) is 12.3 Å². The highest BCUT2D eigenvalue weighted by atomic mass is 16.4. The van der Waals surface area contributed by atoms with Crippen LogP contribution < -0.4 is 5.32 Å². The van der Waals surface area contributed by atoms with Gasteiger partial charge in [0.1, 0.15) is 0 Å². The number of aryl methyl sites for hydroxylation is 1. The van der Waals surface area contributed by atoms with E-state index in [9.17, 15) is 14.7 Å². The molecule has 1 heterocycles. The second kappa shape index (κ2) is 6.74. The molecule has 21 heavy (non-hydrogen) atoms. The van der Waals surface area contributed by atoms with Crippen molar-refractivity contribution in [3.8, 4) is 0 Å². The van der Waals surface area contributed by atoms with Crippen molar-refractivity contribution in [1.29, 1.82) is 0 Å². The van der Waals surface area contributed by atoms with Gasteiger partial charge in [-0.05, 0) is 36.6 Å². The van der Waals surface area contributed by atoms with Crippen molar-refractivity contribution in [2.24, 2.45) is 5.92 Å². The Morgan fingerprint density at radius 1 is 1.24 bits per heavy atom. The highest BCUT2D eigenvalue weighted by Gasteiger charge is 2.20. The maximum Gasteiger partial charge on any atom is 0.308 e. The Morgan fingerprint density at radius 2 is 2.00 bits per heavy atom. The smallest absolute Gasteiger partial charge is 0.308 e. The van der Waals surface area contributed by atoms with Crippen molar-refractivity contribution in [3.63, 3.8) is 0 Å². The third-order valence-corrected chi connectivity index (χ3v) is 3.33. The van der Waals surface area contributed by atoms with E-state index < -0.39 is 17.8 Å². The normalized spacial score (nSPS) is 11.9. The first-order valence-electron chi connectivity index (χ1n) is 6.67. The number of nitrogens with one attached hydrogen (secondary N) is 1. The molecule has 2 aromatic rings. The number of hydrogen-bond acceptors (Lipinski definition) is 3. The fourth-order valence-electron chi connectivity index (χ4n) is 2.06. The quantitative estimate of drug-likeness (QED) is 0.854. The highest BCUT2D eigenvalue weighted by Crippen LogP contribution is 2.13. The van der Waals surface area contributed by atoms with Crippen molar-refractivity contribution in [2.45, 2.75) is 13.3 Å². The van der Waals surface area contributed by atoms with E-state index >= 15 is 0 Å². The summed E-state index contributed by atoms with van der Waals surface area (Å²) in [5.41, 5.74) is 2.01. The number of rotatable bonds is 6. The third-order valence-electron chi connectivity index (χ3n) is 3.33. The topological polar surface area (TPSA) is 79.5 Å². The van der Waals surface area contributed by atoms with E-state index in [0.717, 1.165) is 11.1 Å². The van der Waals surface area contributed by atoms with E-state index in [1.807, 2.05) is 31.2 Å². The molecule has 1 unspecified atom stereocenters. The number of carbonyl (C=O) groups excluding carboxylic acids is 1. The SMILES string of the molecule is Cc1ccccc1CC(CNC(=O)c1ccco1)C(=O)O. The summed E-state index contributed by atoms with van der Waals surface area (Å²) in [7, 11) is 0. The number of carboxylic acids is 1. The highest BCUT2D eigenvalue weighted by molar-refractivity contribution is 5.91. The average Bonchev–Trinajstić information content (AvgIpc) is 2.99. The van der Waals surface area contributed by atoms with Gasteiger partial charge in [-0.15, -0.1) is 0 Å². The Morgan fingerprint density at radius 3 is 2.62 bits per heavy atom. The molecule has 110 valence electrons. The summed E-state index contributed by atoms with van der Waals surface area (Å²) < 4.78 is 4.97. The number of amides is 1. The zero-order chi connectivity index (χ0) is 15.2. The molecule has 1 aromatic carbocycles. The lowest BCUT2D eigenvalue weighted by molar-refractivity contribution is -0.141. The van der Waals surface area contributed by atoms with Gasteiger partial charge in [0.25, 0.3) is 5.91 Å². The Balaban J connectivity index is 1.98. The first kappa shape index (κ1) is 14.8. The summed E-state index contributed by atoms with van der Waals surface area (Å²) in [5.74, 6) is -1.84. The maximum atomic E-state index is 11.8. The Kier molecular flexibility index (Phi) is 4.77. The third kappa shape index (κ3) is 3.95. The van der Waals surface area contributed by atoms with Gasteiger partial charge in [-0.1, -0.05) is 24.3 Å². The van der Waals surface area contributed by atoms with E-state index in [2.05, 4.69) is 5.32 Å². The summed E-state index contributed by atoms with van der Waals surface area (Å²) in [4.78, 5) is 23.1. The Hall–Kier alpha value is -2.56. The van der Waals surface area contributed by atoms with Crippen LogP contribution in [-0.2, 0) is 11.2 Å². The van der Waals surface area contributed by atoms with Crippen LogP contribution in [0, 0.1) is 12.8 Å². The number of carboxylic acid groups (broad SMARTS) is 1. The molecule has 2 rings (SSSR count). The molecule has 1 aromatic heterocycles. The molecule has 0 aliphatic heterocycles. The first-order valence-corrected chi connectivity index (χ1v) is 6.67. The fourth-order valence-corrected chi connectivity index (χ4v) is 2.06. The summed E-state index contributed by atoms with van der Waals surface area (Å²) in [5, 5.41) is 11.9. The van der Waals surface area contributed by atoms with Crippen LogP contribution in [0.2, 0.25) is 0 Å². The molecule has 2 N–H and O–H groups in total. The van der Waals surface area contributed by atoms with Crippen LogP contribution in [0.3, 0.4) is 0 Å². The largest absolute Gasteiger partial charge is 0.481 e. The summed E-state index contributed by atoms with van der Waals surface area (Å²) in [6.07, 6.45) is 1.78. The van der Waals surface area contributed by atoms with Gasteiger partial charge in [-0.25, -0.2) is 0 Å². The van der Waals surface area contributed by atoms with Crippen molar-refractivity contribution < 1.29 is 19.1 Å². The van der Waals surface area contributed by atoms with Crippen LogP contribution >= 0.6 is 0 Å². The van der Waals surface area contributed by atoms with Gasteiger partial charge in [0.15, 0.2) is 5.76 Å². The molecule has 0 radical (unpaired) electrons. The van der Waals surface area contributed by atoms with Crippen LogP contribution in [0.1, 0.15) is 21.7 Å². The fraction of sp³-hybridized carbons (Fsp3) is 0.250. The van der Waals surface area contributed by atoms with Gasteiger partial charge < -0.3 is 14.8 Å². The Labute approximate surface area is 122 Å². The number of furan rings is 1. The molecule has 1 atom stereocenters. The molecule has 0 spiro atoms. The molecule has 5 nitrogen and oxygen atoms in total. The second-order valence-electron chi connectivity index (χ2n) is 4.85. The molecule has 0 saturated heterocycles. The van der Waals surface area contributed by atoms with E-state index in [1.54, 1.807) is 6.07 Å². The monoisotopic (exact) mass is 287 g/mol. The summed E-state index contributed by atoms with van der Waals surface area (Å²) in [6.45, 7) is 2.00. The van der Waals surface area contributed by atoms with Crippen molar-refractivity contribution >= 4 is 11.9 Å². The molecule has 0 aliphatic carbocycles. The minimum Gasteiger partial charge on any atom is -0.481 e. The molecule has 5 heteroatoms. The number of carbonyl (C=O) groups is 2. The van der Waals surface area contributed by atoms with Gasteiger partial charge in [-0.2, -0.15) is 0 Å². The molecule has 0 aliphatic rings. The van der Waals surface area contributed by atoms with E-state index in [0.29, 0.717) is 6.42 Å². The number of aliphatic carboxylic acids is 1. The second-order valence-corrected chi connectivity index (χ2v) is 4.85. The lowest BCUT2D eigenvalue weighted by atomic mass is 9.96. The molecular formula is C16H17NO4. The van der Waals surface area contributed by atoms with Gasteiger partial charge in [-0.3, -0.25) is 9.59 Å².